The molecule has 9 heteroatoms. The van der Waals surface area contributed by atoms with Crippen LogP contribution in [-0.2, 0) is 14.8 Å². The first-order valence-corrected chi connectivity index (χ1v) is 12.5. The molecule has 1 unspecified atom stereocenters. The number of hydrogen-bond acceptors (Lipinski definition) is 6. The monoisotopic (exact) mass is 481 g/mol. The first-order chi connectivity index (χ1) is 16.3. The molecule has 2 N–H and O–H groups in total. The van der Waals surface area contributed by atoms with Gasteiger partial charge in [0.1, 0.15) is 5.75 Å². The first-order valence-electron chi connectivity index (χ1n) is 11.0. The molecule has 2 aromatic carbocycles. The van der Waals surface area contributed by atoms with Gasteiger partial charge in [-0.25, -0.2) is 13.4 Å². The van der Waals surface area contributed by atoms with E-state index in [2.05, 4.69) is 15.0 Å². The largest absolute Gasteiger partial charge is 0.439 e. The van der Waals surface area contributed by atoms with Gasteiger partial charge in [-0.1, -0.05) is 6.07 Å². The van der Waals surface area contributed by atoms with E-state index in [1.54, 1.807) is 54.6 Å². The highest BCUT2D eigenvalue weighted by molar-refractivity contribution is 7.92. The van der Waals surface area contributed by atoms with Crippen molar-refractivity contribution in [2.45, 2.75) is 37.7 Å². The summed E-state index contributed by atoms with van der Waals surface area (Å²) in [4.78, 5) is 16.7. The van der Waals surface area contributed by atoms with Gasteiger partial charge < -0.3 is 14.8 Å². The van der Waals surface area contributed by atoms with Crippen LogP contribution in [0, 0.1) is 13.8 Å². The molecule has 4 rings (SSSR count). The lowest BCUT2D eigenvalue weighted by molar-refractivity contribution is 0.0857. The summed E-state index contributed by atoms with van der Waals surface area (Å²) < 4.78 is 39.1. The molecule has 0 saturated carbocycles. The van der Waals surface area contributed by atoms with Crippen molar-refractivity contribution in [3.63, 3.8) is 0 Å². The van der Waals surface area contributed by atoms with E-state index in [1.165, 1.54) is 6.20 Å². The maximum atomic E-state index is 12.7. The Morgan fingerprint density at radius 2 is 1.88 bits per heavy atom. The Balaban J connectivity index is 1.34. The number of sulfonamides is 1. The molecule has 0 aliphatic carbocycles. The van der Waals surface area contributed by atoms with Gasteiger partial charge in [-0.15, -0.1) is 0 Å². The number of carbonyl (C=O) groups excluding carboxylic acids is 1. The molecule has 0 bridgehead atoms. The topological polar surface area (TPSA) is 107 Å². The van der Waals surface area contributed by atoms with E-state index >= 15 is 0 Å². The number of ether oxygens (including phenoxy) is 2. The summed E-state index contributed by atoms with van der Waals surface area (Å²) in [5.74, 6) is 0.589. The number of nitrogens with zero attached hydrogens (tertiary/aromatic N) is 1. The van der Waals surface area contributed by atoms with Crippen LogP contribution < -0.4 is 14.8 Å². The Kier molecular flexibility index (Phi) is 7.14. The van der Waals surface area contributed by atoms with E-state index in [9.17, 15) is 13.2 Å². The Labute approximate surface area is 199 Å². The molecule has 0 spiro atoms. The Hall–Kier alpha value is -3.43. The zero-order valence-corrected chi connectivity index (χ0v) is 19.9. The number of carbonyl (C=O) groups is 1. The van der Waals surface area contributed by atoms with Crippen LogP contribution in [0.5, 0.6) is 11.6 Å². The van der Waals surface area contributed by atoms with E-state index in [4.69, 9.17) is 9.47 Å². The molecule has 1 aliphatic heterocycles. The molecule has 1 aliphatic rings. The quantitative estimate of drug-likeness (QED) is 0.499. The molecule has 3 aromatic rings. The lowest BCUT2D eigenvalue weighted by Gasteiger charge is -2.11. The third-order valence-electron chi connectivity index (χ3n) is 5.63. The van der Waals surface area contributed by atoms with Crippen molar-refractivity contribution in [3.8, 4) is 11.6 Å². The number of amides is 1. The van der Waals surface area contributed by atoms with Crippen molar-refractivity contribution >= 4 is 21.6 Å². The second-order valence-corrected chi connectivity index (χ2v) is 9.89. The molecule has 1 fully saturated rings. The third-order valence-corrected chi connectivity index (χ3v) is 7.01. The van der Waals surface area contributed by atoms with E-state index in [0.29, 0.717) is 29.4 Å². The minimum atomic E-state index is -3.70. The van der Waals surface area contributed by atoms with Gasteiger partial charge in [0.05, 0.1) is 16.6 Å². The van der Waals surface area contributed by atoms with Gasteiger partial charge in [0.2, 0.25) is 5.88 Å². The van der Waals surface area contributed by atoms with Crippen LogP contribution >= 0.6 is 0 Å². The summed E-state index contributed by atoms with van der Waals surface area (Å²) in [6.45, 7) is 5.03. The van der Waals surface area contributed by atoms with Crippen LogP contribution in [-0.4, -0.2) is 38.6 Å². The number of aryl methyl sites for hydroxylation is 2. The van der Waals surface area contributed by atoms with E-state index in [1.807, 2.05) is 13.8 Å². The first kappa shape index (κ1) is 23.7. The van der Waals surface area contributed by atoms with Gasteiger partial charge in [-0.05, 0) is 80.3 Å². The van der Waals surface area contributed by atoms with Gasteiger partial charge in [0.15, 0.2) is 0 Å². The molecule has 1 aromatic heterocycles. The van der Waals surface area contributed by atoms with Crippen LogP contribution in [0.4, 0.5) is 5.69 Å². The van der Waals surface area contributed by atoms with Gasteiger partial charge >= 0.3 is 0 Å². The molecule has 1 saturated heterocycles. The average Bonchev–Trinajstić information content (AvgIpc) is 3.34. The van der Waals surface area contributed by atoms with Crippen molar-refractivity contribution in [1.82, 2.24) is 10.3 Å². The number of anilines is 1. The number of pyridine rings is 1. The molecule has 34 heavy (non-hydrogen) atoms. The zero-order valence-electron chi connectivity index (χ0n) is 19.1. The summed E-state index contributed by atoms with van der Waals surface area (Å²) in [6, 6.07) is 14.8. The maximum absolute atomic E-state index is 12.7. The predicted molar refractivity (Wildman–Crippen MR) is 129 cm³/mol. The standard InChI is InChI=1S/C25H27N3O5S/c1-17-5-11-23(14-18(17)2)34(30,31)28-20-7-9-21(10-8-20)33-24-12-6-19(15-26-24)25(29)27-16-22-4-3-13-32-22/h5-12,14-15,22,28H,3-4,13,16H2,1-2H3,(H,27,29). The molecule has 178 valence electrons. The number of aromatic nitrogens is 1. The average molecular weight is 482 g/mol. The highest BCUT2D eigenvalue weighted by atomic mass is 32.2. The van der Waals surface area contributed by atoms with Gasteiger partial charge in [-0.3, -0.25) is 9.52 Å². The summed E-state index contributed by atoms with van der Waals surface area (Å²) in [6.07, 6.45) is 3.50. The number of rotatable bonds is 8. The van der Waals surface area contributed by atoms with Crippen molar-refractivity contribution in [1.29, 1.82) is 0 Å². The van der Waals surface area contributed by atoms with Crippen LogP contribution in [0.3, 0.4) is 0 Å². The Bertz CT molecular complexity index is 1250. The molecular formula is C25H27N3O5S. The van der Waals surface area contributed by atoms with Crippen molar-refractivity contribution in [3.05, 3.63) is 77.5 Å². The van der Waals surface area contributed by atoms with Crippen LogP contribution in [0.1, 0.15) is 34.3 Å². The van der Waals surface area contributed by atoms with Crippen LogP contribution in [0.2, 0.25) is 0 Å². The van der Waals surface area contributed by atoms with Gasteiger partial charge in [0, 0.05) is 31.1 Å². The van der Waals surface area contributed by atoms with E-state index < -0.39 is 10.0 Å². The van der Waals surface area contributed by atoms with Crippen LogP contribution in [0.15, 0.2) is 65.7 Å². The van der Waals surface area contributed by atoms with Crippen molar-refractivity contribution in [2.75, 3.05) is 17.9 Å². The normalized spacial score (nSPS) is 15.6. The third kappa shape index (κ3) is 5.92. The summed E-state index contributed by atoms with van der Waals surface area (Å²) >= 11 is 0. The number of nitrogens with one attached hydrogen (secondary N) is 2. The predicted octanol–water partition coefficient (Wildman–Crippen LogP) is 4.20. The SMILES string of the molecule is Cc1ccc(S(=O)(=O)Nc2ccc(Oc3ccc(C(=O)NCC4CCCO4)cn3)cc2)cc1C. The smallest absolute Gasteiger partial charge is 0.261 e. The fourth-order valence-electron chi connectivity index (χ4n) is 3.50. The second-order valence-electron chi connectivity index (χ2n) is 8.21. The Morgan fingerprint density at radius 1 is 1.09 bits per heavy atom. The van der Waals surface area contributed by atoms with E-state index in [-0.39, 0.29) is 16.9 Å². The molecule has 2 heterocycles. The summed E-state index contributed by atoms with van der Waals surface area (Å²) in [5.41, 5.74) is 2.78. The van der Waals surface area contributed by atoms with Crippen LogP contribution in [0.25, 0.3) is 0 Å². The fraction of sp³-hybridized carbons (Fsp3) is 0.280. The van der Waals surface area contributed by atoms with Gasteiger partial charge in [-0.2, -0.15) is 0 Å². The molecule has 1 atom stereocenters. The fourth-order valence-corrected chi connectivity index (χ4v) is 4.64. The minimum absolute atomic E-state index is 0.0768. The maximum Gasteiger partial charge on any atom is 0.261 e. The highest BCUT2D eigenvalue weighted by Crippen LogP contribution is 2.24. The summed E-state index contributed by atoms with van der Waals surface area (Å²) in [7, 11) is -3.70. The van der Waals surface area contributed by atoms with Gasteiger partial charge in [0.25, 0.3) is 15.9 Å². The number of benzene rings is 2. The minimum Gasteiger partial charge on any atom is -0.439 e. The lowest BCUT2D eigenvalue weighted by Crippen LogP contribution is -2.31. The lowest BCUT2D eigenvalue weighted by atomic mass is 10.1. The summed E-state index contributed by atoms with van der Waals surface area (Å²) in [5, 5.41) is 2.85. The molecule has 0 radical (unpaired) electrons. The second kappa shape index (κ2) is 10.2. The van der Waals surface area contributed by atoms with Crippen molar-refractivity contribution < 1.29 is 22.7 Å². The highest BCUT2D eigenvalue weighted by Gasteiger charge is 2.17. The molecular weight excluding hydrogens is 454 g/mol. The molecule has 8 nitrogen and oxygen atoms in total. The van der Waals surface area contributed by atoms with E-state index in [0.717, 1.165) is 30.6 Å². The Morgan fingerprint density at radius 3 is 2.53 bits per heavy atom. The zero-order chi connectivity index (χ0) is 24.1. The van der Waals surface area contributed by atoms with Crippen molar-refractivity contribution in [2.24, 2.45) is 0 Å². The number of hydrogen-bond donors (Lipinski definition) is 2. The molecule has 1 amide bonds.